The molecule has 0 spiro atoms. The Morgan fingerprint density at radius 2 is 1.86 bits per heavy atom. The lowest BCUT2D eigenvalue weighted by Gasteiger charge is -2.43. The van der Waals surface area contributed by atoms with Crippen molar-refractivity contribution in [1.82, 2.24) is 4.90 Å². The molecule has 0 aromatic heterocycles. The molecule has 29 heavy (non-hydrogen) atoms. The molecular weight excluding hydrogens is 416 g/mol. The Hall–Kier alpha value is -1.82. The minimum absolute atomic E-state index is 0.191. The van der Waals surface area contributed by atoms with Crippen LogP contribution in [0.2, 0.25) is 10.0 Å². The Morgan fingerprint density at radius 1 is 1.21 bits per heavy atom. The molecule has 0 amide bonds. The lowest BCUT2D eigenvalue weighted by atomic mass is 9.95. The van der Waals surface area contributed by atoms with Gasteiger partial charge in [0.1, 0.15) is 11.6 Å². The molecule has 1 aliphatic heterocycles. The first kappa shape index (κ1) is 20.5. The van der Waals surface area contributed by atoms with Gasteiger partial charge in [0.2, 0.25) is 0 Å². The molecule has 0 unspecified atom stereocenters. The van der Waals surface area contributed by atoms with Crippen molar-refractivity contribution in [3.63, 3.8) is 0 Å². The molecule has 7 heteroatoms. The van der Waals surface area contributed by atoms with Crippen molar-refractivity contribution in [3.8, 4) is 5.75 Å². The first-order chi connectivity index (χ1) is 13.8. The quantitative estimate of drug-likeness (QED) is 0.596. The number of benzene rings is 2. The highest BCUT2D eigenvalue weighted by molar-refractivity contribution is 6.34. The van der Waals surface area contributed by atoms with Gasteiger partial charge in [-0.1, -0.05) is 23.2 Å². The van der Waals surface area contributed by atoms with Crippen molar-refractivity contribution in [1.29, 1.82) is 0 Å². The lowest BCUT2D eigenvalue weighted by molar-refractivity contribution is 0.0307. The second-order valence-electron chi connectivity index (χ2n) is 7.96. The van der Waals surface area contributed by atoms with Gasteiger partial charge in [0.15, 0.2) is 0 Å². The Morgan fingerprint density at radius 3 is 2.45 bits per heavy atom. The second-order valence-corrected chi connectivity index (χ2v) is 8.83. The van der Waals surface area contributed by atoms with Gasteiger partial charge >= 0.3 is 5.97 Å². The zero-order chi connectivity index (χ0) is 20.7. The highest BCUT2D eigenvalue weighted by Crippen LogP contribution is 2.45. The fourth-order valence-corrected chi connectivity index (χ4v) is 4.38. The number of hydrogen-bond acceptors (Lipinski definition) is 3. The zero-order valence-electron chi connectivity index (χ0n) is 16.0. The number of hydrogen-bond donors (Lipinski definition) is 1. The van der Waals surface area contributed by atoms with E-state index < -0.39 is 11.8 Å². The van der Waals surface area contributed by atoms with Crippen LogP contribution in [0.4, 0.5) is 4.39 Å². The van der Waals surface area contributed by atoms with Crippen LogP contribution < -0.4 is 4.74 Å². The number of rotatable bonds is 7. The summed E-state index contributed by atoms with van der Waals surface area (Å²) in [5.74, 6) is -0.919. The molecule has 4 rings (SSSR count). The first-order valence-corrected chi connectivity index (χ1v) is 10.5. The summed E-state index contributed by atoms with van der Waals surface area (Å²) >= 11 is 12.2. The summed E-state index contributed by atoms with van der Waals surface area (Å²) in [6.07, 6.45) is 1.97. The van der Waals surface area contributed by atoms with E-state index in [1.165, 1.54) is 12.1 Å². The Labute approximate surface area is 179 Å². The van der Waals surface area contributed by atoms with Gasteiger partial charge in [0, 0.05) is 41.2 Å². The highest BCUT2D eigenvalue weighted by Gasteiger charge is 2.33. The Balaban J connectivity index is 1.37. The minimum atomic E-state index is -1.25. The van der Waals surface area contributed by atoms with E-state index in [0.717, 1.165) is 37.1 Å². The van der Waals surface area contributed by atoms with Gasteiger partial charge in [-0.15, -0.1) is 0 Å². The van der Waals surface area contributed by atoms with Crippen molar-refractivity contribution in [2.45, 2.75) is 31.7 Å². The highest BCUT2D eigenvalue weighted by atomic mass is 35.5. The summed E-state index contributed by atoms with van der Waals surface area (Å²) in [4.78, 5) is 13.5. The molecule has 0 radical (unpaired) electrons. The van der Waals surface area contributed by atoms with Crippen molar-refractivity contribution in [3.05, 3.63) is 62.9 Å². The zero-order valence-corrected chi connectivity index (χ0v) is 17.5. The lowest BCUT2D eigenvalue weighted by Crippen LogP contribution is -2.50. The number of carbonyl (C=O) groups is 1. The van der Waals surface area contributed by atoms with Crippen molar-refractivity contribution >= 4 is 29.2 Å². The van der Waals surface area contributed by atoms with Gasteiger partial charge < -0.3 is 9.84 Å². The minimum Gasteiger partial charge on any atom is -0.493 e. The molecule has 2 aliphatic rings. The van der Waals surface area contributed by atoms with Crippen molar-refractivity contribution in [2.75, 3.05) is 19.7 Å². The van der Waals surface area contributed by atoms with Crippen LogP contribution in [-0.2, 0) is 0 Å². The summed E-state index contributed by atoms with van der Waals surface area (Å²) in [5, 5.41) is 10.4. The summed E-state index contributed by atoms with van der Waals surface area (Å²) in [7, 11) is 0. The topological polar surface area (TPSA) is 49.8 Å². The van der Waals surface area contributed by atoms with Crippen molar-refractivity contribution in [2.24, 2.45) is 5.92 Å². The summed E-state index contributed by atoms with van der Waals surface area (Å²) in [6.45, 7) is 4.31. The third kappa shape index (κ3) is 4.52. The van der Waals surface area contributed by atoms with E-state index in [1.807, 2.05) is 12.1 Å². The number of ether oxygens (including phenoxy) is 1. The van der Waals surface area contributed by atoms with Gasteiger partial charge in [0.25, 0.3) is 0 Å². The Kier molecular flexibility index (Phi) is 5.74. The van der Waals surface area contributed by atoms with Crippen LogP contribution in [0.5, 0.6) is 5.75 Å². The van der Waals surface area contributed by atoms with E-state index in [-0.39, 0.29) is 17.5 Å². The molecule has 1 saturated carbocycles. The van der Waals surface area contributed by atoms with Crippen LogP contribution in [0.25, 0.3) is 0 Å². The van der Waals surface area contributed by atoms with Crippen LogP contribution in [0.3, 0.4) is 0 Å². The monoisotopic (exact) mass is 437 g/mol. The van der Waals surface area contributed by atoms with Crippen molar-refractivity contribution < 1.29 is 19.0 Å². The van der Waals surface area contributed by atoms with E-state index in [1.54, 1.807) is 6.07 Å². The number of carboxylic acids is 1. The third-order valence-corrected chi connectivity index (χ3v) is 6.16. The molecule has 1 aliphatic carbocycles. The summed E-state index contributed by atoms with van der Waals surface area (Å²) in [6, 6.07) is 8.43. The molecule has 4 nitrogen and oxygen atoms in total. The van der Waals surface area contributed by atoms with Gasteiger partial charge in [-0.3, -0.25) is 4.90 Å². The summed E-state index contributed by atoms with van der Waals surface area (Å²) in [5.41, 5.74) is 1.59. The van der Waals surface area contributed by atoms with Gasteiger partial charge in [-0.25, -0.2) is 9.18 Å². The molecule has 1 atom stereocenters. The molecule has 2 fully saturated rings. The SMILES string of the molecule is C[C@@H](c1cc(Cl)cc(Cl)c1)N1CC(COc2cc(F)c(C(=O)O)cc2C2CC2)C1. The number of likely N-dealkylation sites (tertiary alicyclic amines) is 1. The second kappa shape index (κ2) is 8.13. The van der Waals surface area contributed by atoms with Crippen LogP contribution in [0, 0.1) is 11.7 Å². The van der Waals surface area contributed by atoms with Crippen LogP contribution in [0.15, 0.2) is 30.3 Å². The van der Waals surface area contributed by atoms with E-state index in [9.17, 15) is 9.18 Å². The molecule has 0 bridgehead atoms. The van der Waals surface area contributed by atoms with Gasteiger partial charge in [-0.05, 0) is 61.1 Å². The number of halogens is 3. The maximum absolute atomic E-state index is 14.1. The van der Waals surface area contributed by atoms with E-state index in [4.69, 9.17) is 33.0 Å². The smallest absolute Gasteiger partial charge is 0.338 e. The fraction of sp³-hybridized carbons (Fsp3) is 0.409. The fourth-order valence-electron chi connectivity index (χ4n) is 3.84. The molecule has 2 aromatic carbocycles. The number of carboxylic acid groups (broad SMARTS) is 1. The third-order valence-electron chi connectivity index (χ3n) is 5.72. The largest absolute Gasteiger partial charge is 0.493 e. The molecule has 1 saturated heterocycles. The average Bonchev–Trinajstić information content (AvgIpc) is 3.44. The molecule has 1 N–H and O–H groups in total. The molecule has 2 aromatic rings. The van der Waals surface area contributed by atoms with Crippen LogP contribution in [-0.4, -0.2) is 35.7 Å². The molecule has 1 heterocycles. The van der Waals surface area contributed by atoms with E-state index >= 15 is 0 Å². The van der Waals surface area contributed by atoms with Crippen LogP contribution >= 0.6 is 23.2 Å². The van der Waals surface area contributed by atoms with Gasteiger partial charge in [-0.2, -0.15) is 0 Å². The Bertz CT molecular complexity index is 922. The first-order valence-electron chi connectivity index (χ1n) is 9.71. The van der Waals surface area contributed by atoms with Gasteiger partial charge in [0.05, 0.1) is 12.2 Å². The number of aromatic carboxylic acids is 1. The number of nitrogens with zero attached hydrogens (tertiary/aromatic N) is 1. The summed E-state index contributed by atoms with van der Waals surface area (Å²) < 4.78 is 20.0. The average molecular weight is 438 g/mol. The maximum Gasteiger partial charge on any atom is 0.338 e. The predicted octanol–water partition coefficient (Wildman–Crippen LogP) is 5.78. The van der Waals surface area contributed by atoms with E-state index in [2.05, 4.69) is 11.8 Å². The molecule has 154 valence electrons. The molecular formula is C22H22Cl2FNO3. The van der Waals surface area contributed by atoms with Crippen LogP contribution in [0.1, 0.15) is 53.2 Å². The predicted molar refractivity (Wildman–Crippen MR) is 111 cm³/mol. The standard InChI is InChI=1S/C22H22Cl2FNO3/c1-12(15-4-16(23)6-17(24)5-15)26-9-13(10-26)11-29-21-8-20(25)19(22(27)28)7-18(21)14-2-3-14/h4-8,12-14H,2-3,9-11H2,1H3,(H,27,28)/t12-/m0/s1. The van der Waals surface area contributed by atoms with E-state index in [0.29, 0.717) is 28.3 Å². The normalized spacial score (nSPS) is 18.3. The maximum atomic E-state index is 14.1.